The summed E-state index contributed by atoms with van der Waals surface area (Å²) >= 11 is 0. The molecule has 1 N–H and O–H groups in total. The maximum Gasteiger partial charge on any atom is 0.355 e. The van der Waals surface area contributed by atoms with Gasteiger partial charge < -0.3 is 14.6 Å². The molecule has 0 saturated carbocycles. The van der Waals surface area contributed by atoms with Gasteiger partial charge in [-0.15, -0.1) is 0 Å². The maximum absolute atomic E-state index is 12.5. The van der Waals surface area contributed by atoms with Gasteiger partial charge in [-0.1, -0.05) is 70.2 Å². The number of benzene rings is 2. The Kier molecular flexibility index (Phi) is 8.99. The second-order valence-electron chi connectivity index (χ2n) is 7.48. The van der Waals surface area contributed by atoms with Crippen LogP contribution in [0, 0.1) is 17.2 Å². The standard InChI is InChI=1S/C25H25N3O3.C2H6/c1-5-31-25(30)23-22(19(14-26)15-28(23)4)18-12-10-17(11-13-18)20-8-6-7-9-21(20)27-24(29)16(2)3;1-2/h6-13,15-16H,5H2,1-4H3,(H,27,29);1-2H3. The molecule has 0 spiro atoms. The van der Waals surface area contributed by atoms with E-state index in [1.54, 1.807) is 24.7 Å². The molecular formula is C27H31N3O3. The number of hydrogen-bond acceptors (Lipinski definition) is 4. The van der Waals surface area contributed by atoms with E-state index < -0.39 is 5.97 Å². The minimum atomic E-state index is -0.465. The molecule has 6 nitrogen and oxygen atoms in total. The average Bonchev–Trinajstić information content (AvgIpc) is 3.17. The summed E-state index contributed by atoms with van der Waals surface area (Å²) in [5.74, 6) is -0.641. The smallest absolute Gasteiger partial charge is 0.355 e. The number of aryl methyl sites for hydroxylation is 1. The van der Waals surface area contributed by atoms with Gasteiger partial charge in [-0.3, -0.25) is 4.79 Å². The van der Waals surface area contributed by atoms with E-state index in [1.165, 1.54) is 0 Å². The van der Waals surface area contributed by atoms with Gasteiger partial charge in [0.15, 0.2) is 0 Å². The quantitative estimate of drug-likeness (QED) is 0.470. The van der Waals surface area contributed by atoms with Crippen LogP contribution in [-0.2, 0) is 16.6 Å². The van der Waals surface area contributed by atoms with Crippen LogP contribution in [-0.4, -0.2) is 23.1 Å². The molecule has 6 heteroatoms. The highest BCUT2D eigenvalue weighted by atomic mass is 16.5. The highest BCUT2D eigenvalue weighted by Gasteiger charge is 2.23. The first-order valence-corrected chi connectivity index (χ1v) is 11.1. The lowest BCUT2D eigenvalue weighted by atomic mass is 9.97. The molecule has 1 amide bonds. The van der Waals surface area contributed by atoms with Crippen LogP contribution < -0.4 is 5.32 Å². The Morgan fingerprint density at radius 1 is 1.06 bits per heavy atom. The van der Waals surface area contributed by atoms with Crippen LogP contribution in [0.3, 0.4) is 0 Å². The van der Waals surface area contributed by atoms with E-state index in [4.69, 9.17) is 4.74 Å². The average molecular weight is 446 g/mol. The molecule has 0 atom stereocenters. The number of nitrogens with zero attached hydrogens (tertiary/aromatic N) is 2. The van der Waals surface area contributed by atoms with Gasteiger partial charge in [-0.05, 0) is 24.1 Å². The zero-order chi connectivity index (χ0) is 24.5. The zero-order valence-electron chi connectivity index (χ0n) is 20.1. The molecule has 0 aliphatic rings. The topological polar surface area (TPSA) is 84.1 Å². The van der Waals surface area contributed by atoms with Crippen LogP contribution >= 0.6 is 0 Å². The molecule has 1 aromatic heterocycles. The molecule has 0 saturated heterocycles. The van der Waals surface area contributed by atoms with E-state index in [1.807, 2.05) is 76.2 Å². The number of ether oxygens (including phenoxy) is 1. The van der Waals surface area contributed by atoms with Crippen LogP contribution in [0.1, 0.15) is 50.7 Å². The Bertz CT molecular complexity index is 1150. The molecule has 172 valence electrons. The molecule has 3 rings (SSSR count). The number of carbonyl (C=O) groups is 2. The van der Waals surface area contributed by atoms with Crippen molar-refractivity contribution in [2.24, 2.45) is 13.0 Å². The van der Waals surface area contributed by atoms with Gasteiger partial charge in [0.05, 0.1) is 12.2 Å². The summed E-state index contributed by atoms with van der Waals surface area (Å²) in [6.45, 7) is 9.69. The van der Waals surface area contributed by atoms with Gasteiger partial charge in [-0.2, -0.15) is 5.26 Å². The predicted molar refractivity (Wildman–Crippen MR) is 132 cm³/mol. The molecule has 3 aromatic rings. The van der Waals surface area contributed by atoms with E-state index in [-0.39, 0.29) is 18.4 Å². The Labute approximate surface area is 195 Å². The molecule has 0 unspecified atom stereocenters. The number of para-hydroxylation sites is 1. The highest BCUT2D eigenvalue weighted by Crippen LogP contribution is 2.33. The normalized spacial score (nSPS) is 10.1. The Balaban J connectivity index is 0.00000187. The van der Waals surface area contributed by atoms with Gasteiger partial charge in [-0.25, -0.2) is 4.79 Å². The second-order valence-corrected chi connectivity index (χ2v) is 7.48. The minimum absolute atomic E-state index is 0.0499. The Hall–Kier alpha value is -3.85. The fraction of sp³-hybridized carbons (Fsp3) is 0.296. The predicted octanol–water partition coefficient (Wildman–Crippen LogP) is 6.03. The van der Waals surface area contributed by atoms with Gasteiger partial charge in [0.25, 0.3) is 0 Å². The minimum Gasteiger partial charge on any atom is -0.461 e. The first-order chi connectivity index (χ1) is 15.9. The van der Waals surface area contributed by atoms with Gasteiger partial charge >= 0.3 is 5.97 Å². The Morgan fingerprint density at radius 2 is 1.67 bits per heavy atom. The molecule has 1 heterocycles. The molecule has 2 aromatic carbocycles. The van der Waals surface area contributed by atoms with E-state index in [2.05, 4.69) is 11.4 Å². The summed E-state index contributed by atoms with van der Waals surface area (Å²) in [4.78, 5) is 24.7. The highest BCUT2D eigenvalue weighted by molar-refractivity contribution is 5.99. The third kappa shape index (κ3) is 5.69. The van der Waals surface area contributed by atoms with Crippen molar-refractivity contribution in [2.75, 3.05) is 11.9 Å². The molecular weight excluding hydrogens is 414 g/mol. The maximum atomic E-state index is 12.5. The summed E-state index contributed by atoms with van der Waals surface area (Å²) in [5.41, 5.74) is 4.58. The fourth-order valence-electron chi connectivity index (χ4n) is 3.39. The van der Waals surface area contributed by atoms with Crippen molar-refractivity contribution >= 4 is 17.6 Å². The van der Waals surface area contributed by atoms with Gasteiger partial charge in [0.2, 0.25) is 5.91 Å². The number of nitriles is 1. The van der Waals surface area contributed by atoms with E-state index >= 15 is 0 Å². The summed E-state index contributed by atoms with van der Waals surface area (Å²) in [7, 11) is 1.72. The molecule has 0 bridgehead atoms. The molecule has 33 heavy (non-hydrogen) atoms. The van der Waals surface area contributed by atoms with Crippen molar-refractivity contribution in [3.63, 3.8) is 0 Å². The number of hydrogen-bond donors (Lipinski definition) is 1. The number of carbonyl (C=O) groups excluding carboxylic acids is 2. The monoisotopic (exact) mass is 445 g/mol. The number of rotatable bonds is 6. The largest absolute Gasteiger partial charge is 0.461 e. The first kappa shape index (κ1) is 25.4. The lowest BCUT2D eigenvalue weighted by molar-refractivity contribution is -0.118. The number of amides is 1. The van der Waals surface area contributed by atoms with E-state index in [0.717, 1.165) is 22.4 Å². The van der Waals surface area contributed by atoms with Crippen molar-refractivity contribution in [1.82, 2.24) is 4.57 Å². The van der Waals surface area contributed by atoms with Crippen LogP contribution in [0.2, 0.25) is 0 Å². The van der Waals surface area contributed by atoms with Crippen molar-refractivity contribution in [3.05, 3.63) is 66.0 Å². The fourth-order valence-corrected chi connectivity index (χ4v) is 3.39. The number of esters is 1. The summed E-state index contributed by atoms with van der Waals surface area (Å²) in [6, 6.07) is 17.3. The van der Waals surface area contributed by atoms with Crippen LogP contribution in [0.5, 0.6) is 0 Å². The summed E-state index contributed by atoms with van der Waals surface area (Å²) in [6.07, 6.45) is 1.63. The summed E-state index contributed by atoms with van der Waals surface area (Å²) in [5, 5.41) is 12.5. The van der Waals surface area contributed by atoms with Crippen molar-refractivity contribution in [2.45, 2.75) is 34.6 Å². The van der Waals surface area contributed by atoms with Crippen molar-refractivity contribution < 1.29 is 14.3 Å². The second kappa shape index (κ2) is 11.7. The number of aromatic nitrogens is 1. The third-order valence-corrected chi connectivity index (χ3v) is 4.96. The number of anilines is 1. The van der Waals surface area contributed by atoms with Gasteiger partial charge in [0, 0.05) is 36.0 Å². The lowest BCUT2D eigenvalue weighted by Crippen LogP contribution is -2.18. The third-order valence-electron chi connectivity index (χ3n) is 4.96. The molecule has 0 radical (unpaired) electrons. The molecule has 0 aliphatic carbocycles. The van der Waals surface area contributed by atoms with E-state index in [9.17, 15) is 14.9 Å². The first-order valence-electron chi connectivity index (χ1n) is 11.1. The van der Waals surface area contributed by atoms with Crippen LogP contribution in [0.15, 0.2) is 54.7 Å². The number of nitrogens with one attached hydrogen (secondary N) is 1. The van der Waals surface area contributed by atoms with Crippen LogP contribution in [0.25, 0.3) is 22.3 Å². The summed E-state index contributed by atoms with van der Waals surface area (Å²) < 4.78 is 6.81. The molecule has 0 aliphatic heterocycles. The van der Waals surface area contributed by atoms with E-state index in [0.29, 0.717) is 16.8 Å². The zero-order valence-corrected chi connectivity index (χ0v) is 20.1. The molecule has 0 fully saturated rings. The Morgan fingerprint density at radius 3 is 2.24 bits per heavy atom. The van der Waals surface area contributed by atoms with Gasteiger partial charge in [0.1, 0.15) is 11.8 Å². The van der Waals surface area contributed by atoms with Crippen molar-refractivity contribution in [1.29, 1.82) is 5.26 Å². The lowest BCUT2D eigenvalue weighted by Gasteiger charge is -2.13. The van der Waals surface area contributed by atoms with Crippen molar-refractivity contribution in [3.8, 4) is 28.3 Å². The SMILES string of the molecule is CC.CCOC(=O)c1c(-c2ccc(-c3ccccc3NC(=O)C(C)C)cc2)c(C#N)cn1C. The van der Waals surface area contributed by atoms with Crippen LogP contribution in [0.4, 0.5) is 5.69 Å².